The summed E-state index contributed by atoms with van der Waals surface area (Å²) in [5, 5.41) is 3.04. The molecule has 2 nitrogen and oxygen atoms in total. The summed E-state index contributed by atoms with van der Waals surface area (Å²) in [6.07, 6.45) is 23.8. The standard InChI is InChI=1S/C23H47NO/c1-4-6-7-8-9-10-11-12-13-14-15-16-17-18-19-20-21-23(25)24-22(3)5-2/h22H,4-21H2,1-3H3,(H,24,25). The van der Waals surface area contributed by atoms with Crippen molar-refractivity contribution in [2.75, 3.05) is 0 Å². The van der Waals surface area contributed by atoms with Gasteiger partial charge in [-0.2, -0.15) is 0 Å². The fourth-order valence-corrected chi connectivity index (χ4v) is 3.28. The van der Waals surface area contributed by atoms with E-state index in [1.54, 1.807) is 0 Å². The number of carbonyl (C=O) groups excluding carboxylic acids is 1. The van der Waals surface area contributed by atoms with Crippen LogP contribution in [0.1, 0.15) is 136 Å². The van der Waals surface area contributed by atoms with Crippen LogP contribution in [-0.2, 0) is 4.79 Å². The number of hydrogen-bond acceptors (Lipinski definition) is 1. The Labute approximate surface area is 158 Å². The molecular formula is C23H47NO. The van der Waals surface area contributed by atoms with Crippen molar-refractivity contribution in [1.82, 2.24) is 5.32 Å². The number of unbranched alkanes of at least 4 members (excludes halogenated alkanes) is 15. The highest BCUT2D eigenvalue weighted by molar-refractivity contribution is 5.76. The van der Waals surface area contributed by atoms with E-state index in [1.807, 2.05) is 0 Å². The molecule has 0 aromatic rings. The van der Waals surface area contributed by atoms with Crippen LogP contribution in [0.25, 0.3) is 0 Å². The minimum Gasteiger partial charge on any atom is -0.354 e. The van der Waals surface area contributed by atoms with E-state index in [0.717, 1.165) is 12.8 Å². The lowest BCUT2D eigenvalue weighted by Gasteiger charge is -2.10. The Morgan fingerprint density at radius 2 is 1.00 bits per heavy atom. The number of hydrogen-bond donors (Lipinski definition) is 1. The molecule has 0 saturated carbocycles. The topological polar surface area (TPSA) is 29.1 Å². The molecule has 0 saturated heterocycles. The molecule has 150 valence electrons. The van der Waals surface area contributed by atoms with E-state index in [0.29, 0.717) is 12.5 Å². The zero-order valence-corrected chi connectivity index (χ0v) is 17.7. The van der Waals surface area contributed by atoms with E-state index in [-0.39, 0.29) is 5.91 Å². The van der Waals surface area contributed by atoms with Gasteiger partial charge in [-0.25, -0.2) is 0 Å². The van der Waals surface area contributed by atoms with E-state index < -0.39 is 0 Å². The first-order chi connectivity index (χ1) is 12.2. The van der Waals surface area contributed by atoms with Crippen molar-refractivity contribution >= 4 is 5.91 Å². The molecule has 0 spiro atoms. The maximum absolute atomic E-state index is 11.6. The maximum atomic E-state index is 11.6. The minimum absolute atomic E-state index is 0.236. The molecule has 0 fully saturated rings. The first-order valence-corrected chi connectivity index (χ1v) is 11.5. The third kappa shape index (κ3) is 19.6. The summed E-state index contributed by atoms with van der Waals surface area (Å²) < 4.78 is 0. The van der Waals surface area contributed by atoms with Gasteiger partial charge in [-0.05, 0) is 19.8 Å². The lowest BCUT2D eigenvalue weighted by Crippen LogP contribution is -2.31. The largest absolute Gasteiger partial charge is 0.354 e. The van der Waals surface area contributed by atoms with Crippen LogP contribution in [0, 0.1) is 0 Å². The number of nitrogens with one attached hydrogen (secondary N) is 1. The van der Waals surface area contributed by atoms with Gasteiger partial charge in [-0.15, -0.1) is 0 Å². The third-order valence-electron chi connectivity index (χ3n) is 5.28. The van der Waals surface area contributed by atoms with Crippen LogP contribution >= 0.6 is 0 Å². The smallest absolute Gasteiger partial charge is 0.220 e. The van der Waals surface area contributed by atoms with Crippen molar-refractivity contribution in [3.8, 4) is 0 Å². The number of amides is 1. The molecule has 1 amide bonds. The molecule has 1 atom stereocenters. The lowest BCUT2D eigenvalue weighted by atomic mass is 10.0. The zero-order valence-electron chi connectivity index (χ0n) is 17.7. The van der Waals surface area contributed by atoms with Gasteiger partial charge >= 0.3 is 0 Å². The van der Waals surface area contributed by atoms with Gasteiger partial charge in [0, 0.05) is 12.5 Å². The predicted octanol–water partition coefficient (Wildman–Crippen LogP) is 7.55. The fourth-order valence-electron chi connectivity index (χ4n) is 3.28. The van der Waals surface area contributed by atoms with Crippen LogP contribution in [0.5, 0.6) is 0 Å². The van der Waals surface area contributed by atoms with Gasteiger partial charge in [0.1, 0.15) is 0 Å². The van der Waals surface area contributed by atoms with Gasteiger partial charge in [-0.3, -0.25) is 4.79 Å². The molecule has 0 heterocycles. The van der Waals surface area contributed by atoms with Crippen molar-refractivity contribution < 1.29 is 4.79 Å². The SMILES string of the molecule is CCCCCCCCCCCCCCCCCCC(=O)NC(C)CC. The minimum atomic E-state index is 0.236. The molecular weight excluding hydrogens is 306 g/mol. The van der Waals surface area contributed by atoms with Crippen molar-refractivity contribution in [2.45, 2.75) is 142 Å². The van der Waals surface area contributed by atoms with Gasteiger partial charge in [-0.1, -0.05) is 110 Å². The van der Waals surface area contributed by atoms with Crippen LogP contribution in [0.4, 0.5) is 0 Å². The molecule has 0 aliphatic heterocycles. The highest BCUT2D eigenvalue weighted by Gasteiger charge is 2.04. The lowest BCUT2D eigenvalue weighted by molar-refractivity contribution is -0.121. The summed E-state index contributed by atoms with van der Waals surface area (Å²) in [6, 6.07) is 0.327. The molecule has 0 bridgehead atoms. The Kier molecular flexibility index (Phi) is 19.4. The molecule has 0 radical (unpaired) electrons. The summed E-state index contributed by atoms with van der Waals surface area (Å²) >= 11 is 0. The molecule has 1 unspecified atom stereocenters. The number of carbonyl (C=O) groups is 1. The highest BCUT2D eigenvalue weighted by Crippen LogP contribution is 2.14. The second kappa shape index (κ2) is 19.8. The molecule has 0 aromatic carbocycles. The summed E-state index contributed by atoms with van der Waals surface area (Å²) in [5.41, 5.74) is 0. The van der Waals surface area contributed by atoms with E-state index in [9.17, 15) is 4.79 Å². The van der Waals surface area contributed by atoms with Gasteiger partial charge in [0.25, 0.3) is 0 Å². The second-order valence-electron chi connectivity index (χ2n) is 7.93. The Hall–Kier alpha value is -0.530. The Balaban J connectivity index is 3.11. The van der Waals surface area contributed by atoms with Gasteiger partial charge in [0.15, 0.2) is 0 Å². The van der Waals surface area contributed by atoms with Crippen LogP contribution in [0.15, 0.2) is 0 Å². The second-order valence-corrected chi connectivity index (χ2v) is 7.93. The first kappa shape index (κ1) is 24.5. The number of rotatable bonds is 19. The zero-order chi connectivity index (χ0) is 18.6. The van der Waals surface area contributed by atoms with Crippen molar-refractivity contribution in [1.29, 1.82) is 0 Å². The summed E-state index contributed by atoms with van der Waals surface area (Å²) in [7, 11) is 0. The van der Waals surface area contributed by atoms with Gasteiger partial charge in [0.2, 0.25) is 5.91 Å². The highest BCUT2D eigenvalue weighted by atomic mass is 16.1. The molecule has 0 rings (SSSR count). The Morgan fingerprint density at radius 3 is 1.36 bits per heavy atom. The van der Waals surface area contributed by atoms with E-state index in [2.05, 4.69) is 26.1 Å². The quantitative estimate of drug-likeness (QED) is 0.239. The van der Waals surface area contributed by atoms with Crippen LogP contribution in [0.2, 0.25) is 0 Å². The van der Waals surface area contributed by atoms with Crippen molar-refractivity contribution in [3.63, 3.8) is 0 Å². The van der Waals surface area contributed by atoms with Crippen LogP contribution in [0.3, 0.4) is 0 Å². The average Bonchev–Trinajstić information content (AvgIpc) is 2.61. The molecule has 25 heavy (non-hydrogen) atoms. The first-order valence-electron chi connectivity index (χ1n) is 11.5. The predicted molar refractivity (Wildman–Crippen MR) is 112 cm³/mol. The van der Waals surface area contributed by atoms with Crippen molar-refractivity contribution in [3.05, 3.63) is 0 Å². The summed E-state index contributed by atoms with van der Waals surface area (Å²) in [4.78, 5) is 11.6. The normalized spacial score (nSPS) is 12.3. The molecule has 0 aliphatic carbocycles. The fraction of sp³-hybridized carbons (Fsp3) is 0.957. The summed E-state index contributed by atoms with van der Waals surface area (Å²) in [6.45, 7) is 6.47. The summed E-state index contributed by atoms with van der Waals surface area (Å²) in [5.74, 6) is 0.236. The molecule has 0 aliphatic rings. The molecule has 0 aromatic heterocycles. The molecule has 1 N–H and O–H groups in total. The van der Waals surface area contributed by atoms with Crippen LogP contribution < -0.4 is 5.32 Å². The van der Waals surface area contributed by atoms with Gasteiger partial charge < -0.3 is 5.32 Å². The monoisotopic (exact) mass is 353 g/mol. The van der Waals surface area contributed by atoms with E-state index in [4.69, 9.17) is 0 Å². The maximum Gasteiger partial charge on any atom is 0.220 e. The van der Waals surface area contributed by atoms with E-state index in [1.165, 1.54) is 96.3 Å². The van der Waals surface area contributed by atoms with Gasteiger partial charge in [0.05, 0.1) is 0 Å². The average molecular weight is 354 g/mol. The van der Waals surface area contributed by atoms with E-state index >= 15 is 0 Å². The molecule has 2 heteroatoms. The van der Waals surface area contributed by atoms with Crippen molar-refractivity contribution in [2.24, 2.45) is 0 Å². The van der Waals surface area contributed by atoms with Crippen LogP contribution in [-0.4, -0.2) is 11.9 Å². The third-order valence-corrected chi connectivity index (χ3v) is 5.28. The Bertz CT molecular complexity index is 277. The Morgan fingerprint density at radius 1 is 0.640 bits per heavy atom.